The molecule has 0 spiro atoms. The number of rotatable bonds is 4. The second-order valence-corrected chi connectivity index (χ2v) is 6.35. The molecule has 1 aliphatic heterocycles. The molecule has 0 saturated carbocycles. The van der Waals surface area contributed by atoms with Gasteiger partial charge in [0, 0.05) is 18.7 Å². The van der Waals surface area contributed by atoms with Gasteiger partial charge in [0.15, 0.2) is 0 Å². The Morgan fingerprint density at radius 3 is 2.62 bits per heavy atom. The van der Waals surface area contributed by atoms with Crippen LogP contribution in [-0.4, -0.2) is 41.8 Å². The molecule has 0 radical (unpaired) electrons. The highest BCUT2D eigenvalue weighted by atomic mass is 16.6. The Morgan fingerprint density at radius 2 is 2.05 bits per heavy atom. The molecule has 0 aromatic rings. The molecule has 2 atom stereocenters. The fourth-order valence-electron chi connectivity index (χ4n) is 2.44. The van der Waals surface area contributed by atoms with E-state index >= 15 is 0 Å². The second kappa shape index (κ2) is 7.48. The highest BCUT2D eigenvalue weighted by Gasteiger charge is 2.34. The van der Waals surface area contributed by atoms with Gasteiger partial charge in [-0.1, -0.05) is 13.0 Å². The summed E-state index contributed by atoms with van der Waals surface area (Å²) in [6.45, 7) is 10.4. The van der Waals surface area contributed by atoms with E-state index in [1.165, 1.54) is 6.08 Å². The standard InChI is InChI=1S/C16H27NO4/c1-6-20-14(18)10-9-12(2)13-8-7-11-17(13)15(19)21-16(3,4)5/h9-10,12-13H,6-8,11H2,1-5H3/b10-9-. The quantitative estimate of drug-likeness (QED) is 0.591. The van der Waals surface area contributed by atoms with Gasteiger partial charge in [-0.25, -0.2) is 9.59 Å². The van der Waals surface area contributed by atoms with Gasteiger partial charge < -0.3 is 14.4 Å². The fraction of sp³-hybridized carbons (Fsp3) is 0.750. The third-order valence-corrected chi connectivity index (χ3v) is 3.36. The summed E-state index contributed by atoms with van der Waals surface area (Å²) in [4.78, 5) is 25.3. The first kappa shape index (κ1) is 17.5. The van der Waals surface area contributed by atoms with Crippen LogP contribution >= 0.6 is 0 Å². The lowest BCUT2D eigenvalue weighted by Gasteiger charge is -2.30. The number of carbonyl (C=O) groups excluding carboxylic acids is 2. The Bertz CT molecular complexity index is 398. The molecule has 120 valence electrons. The summed E-state index contributed by atoms with van der Waals surface area (Å²) >= 11 is 0. The Balaban J connectivity index is 2.64. The summed E-state index contributed by atoms with van der Waals surface area (Å²) in [6, 6.07) is 0.0746. The van der Waals surface area contributed by atoms with Crippen LogP contribution in [0.5, 0.6) is 0 Å². The molecule has 1 aliphatic rings. The number of hydrogen-bond acceptors (Lipinski definition) is 4. The van der Waals surface area contributed by atoms with Crippen molar-refractivity contribution in [2.45, 2.75) is 59.1 Å². The molecule has 2 unspecified atom stereocenters. The Morgan fingerprint density at radius 1 is 1.38 bits per heavy atom. The largest absolute Gasteiger partial charge is 0.463 e. The molecule has 1 rings (SSSR count). The molecule has 1 amide bonds. The van der Waals surface area contributed by atoms with Crippen molar-refractivity contribution in [3.05, 3.63) is 12.2 Å². The molecule has 0 aromatic carbocycles. The lowest BCUT2D eigenvalue weighted by Crippen LogP contribution is -2.42. The van der Waals surface area contributed by atoms with E-state index in [1.54, 1.807) is 11.8 Å². The molecule has 0 aliphatic carbocycles. The van der Waals surface area contributed by atoms with Crippen molar-refractivity contribution in [3.8, 4) is 0 Å². The number of nitrogens with zero attached hydrogens (tertiary/aromatic N) is 1. The van der Waals surface area contributed by atoms with E-state index in [2.05, 4.69) is 0 Å². The zero-order chi connectivity index (χ0) is 16.0. The number of ether oxygens (including phenoxy) is 2. The van der Waals surface area contributed by atoms with Gasteiger partial charge in [0.05, 0.1) is 6.61 Å². The topological polar surface area (TPSA) is 55.8 Å². The maximum absolute atomic E-state index is 12.2. The van der Waals surface area contributed by atoms with Crippen molar-refractivity contribution < 1.29 is 19.1 Å². The number of carbonyl (C=O) groups is 2. The fourth-order valence-corrected chi connectivity index (χ4v) is 2.44. The summed E-state index contributed by atoms with van der Waals surface area (Å²) in [5.74, 6) is -0.254. The molecule has 0 bridgehead atoms. The minimum absolute atomic E-state index is 0.0746. The van der Waals surface area contributed by atoms with E-state index in [4.69, 9.17) is 9.47 Å². The average molecular weight is 297 g/mol. The lowest BCUT2D eigenvalue weighted by molar-refractivity contribution is -0.137. The Hall–Kier alpha value is -1.52. The zero-order valence-electron chi connectivity index (χ0n) is 13.7. The van der Waals surface area contributed by atoms with Gasteiger partial charge in [-0.15, -0.1) is 0 Å². The van der Waals surface area contributed by atoms with Crippen LogP contribution in [0.25, 0.3) is 0 Å². The van der Waals surface area contributed by atoms with Crippen molar-refractivity contribution in [1.82, 2.24) is 4.90 Å². The maximum atomic E-state index is 12.2. The van der Waals surface area contributed by atoms with E-state index in [9.17, 15) is 9.59 Å². The summed E-state index contributed by atoms with van der Waals surface area (Å²) < 4.78 is 10.3. The van der Waals surface area contributed by atoms with Gasteiger partial charge in [-0.2, -0.15) is 0 Å². The van der Waals surface area contributed by atoms with Crippen LogP contribution in [0, 0.1) is 5.92 Å². The molecular weight excluding hydrogens is 270 g/mol. The molecule has 0 N–H and O–H groups in total. The molecule has 5 heteroatoms. The van der Waals surface area contributed by atoms with E-state index in [0.717, 1.165) is 12.8 Å². The highest BCUT2D eigenvalue weighted by molar-refractivity contribution is 5.81. The minimum Gasteiger partial charge on any atom is -0.463 e. The van der Waals surface area contributed by atoms with E-state index in [1.807, 2.05) is 33.8 Å². The summed E-state index contributed by atoms with van der Waals surface area (Å²) in [5.41, 5.74) is -0.492. The molecule has 1 saturated heterocycles. The minimum atomic E-state index is -0.492. The predicted molar refractivity (Wildman–Crippen MR) is 80.9 cm³/mol. The van der Waals surface area contributed by atoms with Crippen LogP contribution in [0.3, 0.4) is 0 Å². The van der Waals surface area contributed by atoms with Crippen LogP contribution < -0.4 is 0 Å². The van der Waals surface area contributed by atoms with Crippen LogP contribution in [-0.2, 0) is 14.3 Å². The summed E-state index contributed by atoms with van der Waals surface area (Å²) in [6.07, 6.45) is 4.86. The molecule has 21 heavy (non-hydrogen) atoms. The predicted octanol–water partition coefficient (Wildman–Crippen LogP) is 3.14. The highest BCUT2D eigenvalue weighted by Crippen LogP contribution is 2.26. The van der Waals surface area contributed by atoms with Crippen molar-refractivity contribution in [3.63, 3.8) is 0 Å². The Kier molecular flexibility index (Phi) is 6.24. The normalized spacial score (nSPS) is 20.6. The van der Waals surface area contributed by atoms with Crippen LogP contribution in [0.15, 0.2) is 12.2 Å². The number of esters is 1. The van der Waals surface area contributed by atoms with Gasteiger partial charge >= 0.3 is 12.1 Å². The third kappa shape index (κ3) is 5.78. The smallest absolute Gasteiger partial charge is 0.410 e. The number of likely N-dealkylation sites (tertiary alicyclic amines) is 1. The summed E-state index contributed by atoms with van der Waals surface area (Å²) in [5, 5.41) is 0. The molecule has 0 aromatic heterocycles. The van der Waals surface area contributed by atoms with Crippen molar-refractivity contribution in [2.75, 3.05) is 13.2 Å². The van der Waals surface area contributed by atoms with Crippen molar-refractivity contribution in [2.24, 2.45) is 5.92 Å². The Labute approximate surface area is 127 Å². The SMILES string of the molecule is CCOC(=O)/C=C\C(C)C1CCCN1C(=O)OC(C)(C)C. The monoisotopic (exact) mass is 297 g/mol. The third-order valence-electron chi connectivity index (χ3n) is 3.36. The molecule has 1 fully saturated rings. The van der Waals surface area contributed by atoms with Crippen LogP contribution in [0.1, 0.15) is 47.5 Å². The molecule has 1 heterocycles. The first-order chi connectivity index (χ1) is 9.74. The zero-order valence-corrected chi connectivity index (χ0v) is 13.7. The summed E-state index contributed by atoms with van der Waals surface area (Å²) in [7, 11) is 0. The van der Waals surface area contributed by atoms with Crippen molar-refractivity contribution >= 4 is 12.1 Å². The second-order valence-electron chi connectivity index (χ2n) is 6.35. The molecule has 5 nitrogen and oxygen atoms in total. The molecular formula is C16H27NO4. The van der Waals surface area contributed by atoms with Gasteiger partial charge in [0.2, 0.25) is 0 Å². The van der Waals surface area contributed by atoms with Gasteiger partial charge in [0.25, 0.3) is 0 Å². The van der Waals surface area contributed by atoms with Gasteiger partial charge in [-0.3, -0.25) is 0 Å². The van der Waals surface area contributed by atoms with Gasteiger partial charge in [0.1, 0.15) is 5.60 Å². The first-order valence-electron chi connectivity index (χ1n) is 7.59. The van der Waals surface area contributed by atoms with E-state index in [0.29, 0.717) is 13.2 Å². The maximum Gasteiger partial charge on any atom is 0.410 e. The lowest BCUT2D eigenvalue weighted by atomic mass is 9.99. The van der Waals surface area contributed by atoms with Gasteiger partial charge in [-0.05, 0) is 46.5 Å². The first-order valence-corrected chi connectivity index (χ1v) is 7.59. The average Bonchev–Trinajstić information content (AvgIpc) is 2.83. The van der Waals surface area contributed by atoms with E-state index in [-0.39, 0.29) is 24.0 Å². The van der Waals surface area contributed by atoms with E-state index < -0.39 is 5.60 Å². The number of hydrogen-bond donors (Lipinski definition) is 0. The van der Waals surface area contributed by atoms with Crippen LogP contribution in [0.2, 0.25) is 0 Å². The van der Waals surface area contributed by atoms with Crippen LogP contribution in [0.4, 0.5) is 4.79 Å². The number of amides is 1. The van der Waals surface area contributed by atoms with Crippen molar-refractivity contribution in [1.29, 1.82) is 0 Å².